The van der Waals surface area contributed by atoms with Crippen molar-refractivity contribution < 1.29 is 9.47 Å². The Hall–Kier alpha value is -2.32. The lowest BCUT2D eigenvalue weighted by molar-refractivity contribution is 0.254. The molecule has 118 valence electrons. The lowest BCUT2D eigenvalue weighted by Crippen LogP contribution is -2.05. The van der Waals surface area contributed by atoms with Crippen molar-refractivity contribution in [2.24, 2.45) is 0 Å². The van der Waals surface area contributed by atoms with E-state index in [2.05, 4.69) is 18.0 Å². The molecule has 2 aromatic rings. The minimum absolute atomic E-state index is 0.177. The van der Waals surface area contributed by atoms with Gasteiger partial charge in [-0.3, -0.25) is 0 Å². The van der Waals surface area contributed by atoms with Gasteiger partial charge in [0, 0.05) is 28.6 Å². The van der Waals surface area contributed by atoms with Gasteiger partial charge in [-0.25, -0.2) is 4.98 Å². The molecule has 4 nitrogen and oxygen atoms in total. The van der Waals surface area contributed by atoms with Gasteiger partial charge in [0.15, 0.2) is 0 Å². The maximum Gasteiger partial charge on any atom is 0.134 e. The minimum Gasteiger partial charge on any atom is -0.493 e. The molecule has 0 fully saturated rings. The van der Waals surface area contributed by atoms with E-state index in [4.69, 9.17) is 9.47 Å². The van der Waals surface area contributed by atoms with E-state index < -0.39 is 0 Å². The highest BCUT2D eigenvalue weighted by atomic mass is 32.1. The van der Waals surface area contributed by atoms with E-state index in [1.54, 1.807) is 0 Å². The van der Waals surface area contributed by atoms with Crippen LogP contribution < -0.4 is 9.47 Å². The van der Waals surface area contributed by atoms with Crippen molar-refractivity contribution in [1.29, 1.82) is 5.26 Å². The average molecular weight is 326 g/mol. The van der Waals surface area contributed by atoms with Crippen LogP contribution in [0, 0.1) is 18.3 Å². The van der Waals surface area contributed by atoms with Gasteiger partial charge in [-0.15, -0.1) is 11.3 Å². The molecule has 1 atom stereocenters. The molecule has 0 saturated carbocycles. The molecule has 1 aromatic heterocycles. The molecule has 1 unspecified atom stereocenters. The molecule has 0 bridgehead atoms. The number of aromatic nitrogens is 1. The molecule has 2 heterocycles. The maximum absolute atomic E-state index is 9.48. The zero-order valence-electron chi connectivity index (χ0n) is 13.4. The summed E-state index contributed by atoms with van der Waals surface area (Å²) < 4.78 is 11.6. The summed E-state index contributed by atoms with van der Waals surface area (Å²) in [5, 5.41) is 12.1. The highest BCUT2D eigenvalue weighted by molar-refractivity contribution is 7.11. The third kappa shape index (κ3) is 3.22. The van der Waals surface area contributed by atoms with E-state index >= 15 is 0 Å². The number of hydrogen-bond acceptors (Lipinski definition) is 5. The van der Waals surface area contributed by atoms with Crippen molar-refractivity contribution in [2.75, 3.05) is 6.61 Å². The number of thiazole rings is 1. The van der Waals surface area contributed by atoms with Crippen LogP contribution in [0.25, 0.3) is 11.6 Å². The third-order valence-electron chi connectivity index (χ3n) is 3.60. The van der Waals surface area contributed by atoms with E-state index in [0.717, 1.165) is 39.7 Å². The number of allylic oxidation sites excluding steroid dienone is 1. The topological polar surface area (TPSA) is 55.1 Å². The van der Waals surface area contributed by atoms with Crippen LogP contribution in [0.3, 0.4) is 0 Å². The third-order valence-corrected chi connectivity index (χ3v) is 4.59. The van der Waals surface area contributed by atoms with Crippen LogP contribution in [0.2, 0.25) is 0 Å². The molecule has 1 aliphatic rings. The molecular weight excluding hydrogens is 308 g/mol. The molecule has 3 rings (SSSR count). The van der Waals surface area contributed by atoms with Crippen molar-refractivity contribution in [3.05, 3.63) is 39.3 Å². The lowest BCUT2D eigenvalue weighted by Gasteiger charge is -2.10. The second-order valence-electron chi connectivity index (χ2n) is 5.53. The Morgan fingerprint density at radius 1 is 1.57 bits per heavy atom. The number of hydrogen-bond donors (Lipinski definition) is 0. The monoisotopic (exact) mass is 326 g/mol. The molecule has 23 heavy (non-hydrogen) atoms. The van der Waals surface area contributed by atoms with Crippen molar-refractivity contribution in [3.63, 3.8) is 0 Å². The maximum atomic E-state index is 9.48. The summed E-state index contributed by atoms with van der Waals surface area (Å²) in [4.78, 5) is 4.39. The van der Waals surface area contributed by atoms with Crippen LogP contribution in [-0.4, -0.2) is 17.7 Å². The Balaban J connectivity index is 2.06. The van der Waals surface area contributed by atoms with Crippen molar-refractivity contribution in [2.45, 2.75) is 33.3 Å². The first-order chi connectivity index (χ1) is 11.1. The summed E-state index contributed by atoms with van der Waals surface area (Å²) in [5.41, 5.74) is 3.46. The molecule has 0 aliphatic carbocycles. The minimum atomic E-state index is 0.177. The summed E-state index contributed by atoms with van der Waals surface area (Å²) in [5.74, 6) is 1.66. The zero-order valence-corrected chi connectivity index (χ0v) is 14.2. The standard InChI is InChI=1S/C18H18N2O2S/c1-4-21-16-7-13-5-12(3)22-17(13)8-14(16)6-15(9-19)18-20-11(2)10-23-18/h6-8,10,12H,4-5H2,1-3H3. The van der Waals surface area contributed by atoms with Gasteiger partial charge in [0.2, 0.25) is 0 Å². The zero-order chi connectivity index (χ0) is 16.4. The number of aryl methyl sites for hydroxylation is 1. The van der Waals surface area contributed by atoms with Gasteiger partial charge >= 0.3 is 0 Å². The van der Waals surface area contributed by atoms with Gasteiger partial charge in [0.1, 0.15) is 28.7 Å². The Morgan fingerprint density at radius 3 is 3.04 bits per heavy atom. The molecule has 0 N–H and O–H groups in total. The average Bonchev–Trinajstić information content (AvgIpc) is 3.09. The highest BCUT2D eigenvalue weighted by Gasteiger charge is 2.21. The molecule has 0 spiro atoms. The van der Waals surface area contributed by atoms with E-state index in [-0.39, 0.29) is 6.10 Å². The summed E-state index contributed by atoms with van der Waals surface area (Å²) in [6.07, 6.45) is 2.89. The number of nitriles is 1. The highest BCUT2D eigenvalue weighted by Crippen LogP contribution is 2.37. The van der Waals surface area contributed by atoms with Gasteiger partial charge in [-0.05, 0) is 39.0 Å². The van der Waals surface area contributed by atoms with E-state index in [1.165, 1.54) is 11.3 Å². The summed E-state index contributed by atoms with van der Waals surface area (Å²) in [7, 11) is 0. The summed E-state index contributed by atoms with van der Waals surface area (Å²) >= 11 is 1.47. The second-order valence-corrected chi connectivity index (χ2v) is 6.39. The first-order valence-electron chi connectivity index (χ1n) is 7.61. The fourth-order valence-corrected chi connectivity index (χ4v) is 3.39. The van der Waals surface area contributed by atoms with Gasteiger partial charge in [-0.1, -0.05) is 0 Å². The first kappa shape index (κ1) is 15.6. The quantitative estimate of drug-likeness (QED) is 0.789. The van der Waals surface area contributed by atoms with Crippen LogP contribution >= 0.6 is 11.3 Å². The number of rotatable bonds is 4. The normalized spacial score (nSPS) is 16.6. The van der Waals surface area contributed by atoms with Crippen molar-refractivity contribution in [3.8, 4) is 17.6 Å². The van der Waals surface area contributed by atoms with Crippen LogP contribution in [0.4, 0.5) is 0 Å². The fraction of sp³-hybridized carbons (Fsp3) is 0.333. The van der Waals surface area contributed by atoms with Gasteiger partial charge < -0.3 is 9.47 Å². The molecule has 0 saturated heterocycles. The van der Waals surface area contributed by atoms with Crippen LogP contribution in [-0.2, 0) is 6.42 Å². The van der Waals surface area contributed by atoms with Gasteiger partial charge in [0.05, 0.1) is 12.2 Å². The summed E-state index contributed by atoms with van der Waals surface area (Å²) in [6.45, 7) is 6.50. The predicted molar refractivity (Wildman–Crippen MR) is 91.7 cm³/mol. The van der Waals surface area contributed by atoms with E-state index in [9.17, 15) is 5.26 Å². The Morgan fingerprint density at radius 2 is 2.39 bits per heavy atom. The molecule has 0 radical (unpaired) electrons. The van der Waals surface area contributed by atoms with Gasteiger partial charge in [-0.2, -0.15) is 5.26 Å². The molecule has 1 aromatic carbocycles. The lowest BCUT2D eigenvalue weighted by atomic mass is 10.0. The molecular formula is C18H18N2O2S. The van der Waals surface area contributed by atoms with E-state index in [0.29, 0.717) is 12.2 Å². The molecule has 5 heteroatoms. The molecule has 1 aliphatic heterocycles. The Bertz CT molecular complexity index is 802. The number of ether oxygens (including phenoxy) is 2. The van der Waals surface area contributed by atoms with Gasteiger partial charge in [0.25, 0.3) is 0 Å². The van der Waals surface area contributed by atoms with Crippen LogP contribution in [0.15, 0.2) is 17.5 Å². The SMILES string of the molecule is CCOc1cc2c(cc1C=C(C#N)c1nc(C)cs1)OC(C)C2. The Kier molecular flexibility index (Phi) is 4.35. The summed E-state index contributed by atoms with van der Waals surface area (Å²) in [6, 6.07) is 6.22. The van der Waals surface area contributed by atoms with Crippen molar-refractivity contribution in [1.82, 2.24) is 4.98 Å². The first-order valence-corrected chi connectivity index (χ1v) is 8.49. The van der Waals surface area contributed by atoms with Crippen molar-refractivity contribution >= 4 is 23.0 Å². The second kappa shape index (κ2) is 6.43. The van der Waals surface area contributed by atoms with E-state index in [1.807, 2.05) is 37.4 Å². The smallest absolute Gasteiger partial charge is 0.134 e. The number of benzene rings is 1. The fourth-order valence-electron chi connectivity index (χ4n) is 2.62. The molecule has 0 amide bonds. The van der Waals surface area contributed by atoms with Crippen LogP contribution in [0.1, 0.15) is 35.7 Å². The predicted octanol–water partition coefficient (Wildman–Crippen LogP) is 4.24. The Labute approximate surface area is 140 Å². The largest absolute Gasteiger partial charge is 0.493 e. The number of nitrogens with zero attached hydrogens (tertiary/aromatic N) is 2. The number of fused-ring (bicyclic) bond motifs is 1. The van der Waals surface area contributed by atoms with Crippen LogP contribution in [0.5, 0.6) is 11.5 Å².